The minimum Gasteiger partial charge on any atom is -0.207 e. The summed E-state index contributed by atoms with van der Waals surface area (Å²) in [5.74, 6) is 0.898. The van der Waals surface area contributed by atoms with E-state index in [9.17, 15) is 8.42 Å². The Kier molecular flexibility index (Phi) is 6.34. The lowest BCUT2D eigenvalue weighted by atomic mass is 10.2. The summed E-state index contributed by atoms with van der Waals surface area (Å²) in [6, 6.07) is 5.98. The largest absolute Gasteiger partial charge is 0.243 e. The van der Waals surface area contributed by atoms with Crippen LogP contribution in [-0.4, -0.2) is 37.8 Å². The zero-order valence-electron chi connectivity index (χ0n) is 11.6. The van der Waals surface area contributed by atoms with E-state index in [1.807, 2.05) is 19.2 Å². The average molecular weight is 333 g/mol. The van der Waals surface area contributed by atoms with Crippen LogP contribution in [0.5, 0.6) is 0 Å². The van der Waals surface area contributed by atoms with Crippen molar-refractivity contribution in [1.29, 1.82) is 5.26 Å². The molecule has 1 aromatic carbocycles. The lowest BCUT2D eigenvalue weighted by Crippen LogP contribution is -2.35. The molecule has 0 spiro atoms. The highest BCUT2D eigenvalue weighted by Gasteiger charge is 2.25. The highest BCUT2D eigenvalue weighted by atomic mass is 35.5. The van der Waals surface area contributed by atoms with Crippen molar-refractivity contribution in [3.8, 4) is 6.07 Å². The maximum atomic E-state index is 12.5. The molecule has 4 nitrogen and oxygen atoms in total. The number of hydrogen-bond donors (Lipinski definition) is 0. The van der Waals surface area contributed by atoms with Crippen LogP contribution in [0.1, 0.15) is 18.9 Å². The van der Waals surface area contributed by atoms with E-state index in [0.717, 1.165) is 12.2 Å². The lowest BCUT2D eigenvalue weighted by Gasteiger charge is -2.24. The molecule has 0 amide bonds. The number of hydrogen-bond acceptors (Lipinski definition) is 4. The third-order valence-electron chi connectivity index (χ3n) is 3.10. The number of nitriles is 1. The average Bonchev–Trinajstić information content (AvgIpc) is 2.43. The van der Waals surface area contributed by atoms with Gasteiger partial charge >= 0.3 is 0 Å². The minimum absolute atomic E-state index is 0.0955. The summed E-state index contributed by atoms with van der Waals surface area (Å²) in [5.41, 5.74) is 0.267. The first-order valence-electron chi connectivity index (χ1n) is 6.01. The summed E-state index contributed by atoms with van der Waals surface area (Å²) in [5, 5.41) is 8.96. The van der Waals surface area contributed by atoms with Crippen molar-refractivity contribution in [1.82, 2.24) is 4.31 Å². The SMILES string of the molecule is CSCCC(C)N(C)S(=O)(=O)c1ccc(C#N)c(Cl)c1. The van der Waals surface area contributed by atoms with Gasteiger partial charge in [0.2, 0.25) is 10.0 Å². The van der Waals surface area contributed by atoms with Gasteiger partial charge in [-0.2, -0.15) is 21.3 Å². The van der Waals surface area contributed by atoms with Crippen LogP contribution in [0.2, 0.25) is 5.02 Å². The van der Waals surface area contributed by atoms with Gasteiger partial charge in [-0.05, 0) is 43.6 Å². The second-order valence-electron chi connectivity index (χ2n) is 4.41. The molecule has 0 fully saturated rings. The minimum atomic E-state index is -3.59. The Labute approximate surface area is 129 Å². The van der Waals surface area contributed by atoms with Crippen molar-refractivity contribution in [2.75, 3.05) is 19.1 Å². The summed E-state index contributed by atoms with van der Waals surface area (Å²) in [6.07, 6.45) is 2.77. The van der Waals surface area contributed by atoms with Crippen molar-refractivity contribution >= 4 is 33.4 Å². The van der Waals surface area contributed by atoms with Gasteiger partial charge in [-0.1, -0.05) is 11.6 Å². The molecular formula is C13H17ClN2O2S2. The normalized spacial score (nSPS) is 13.2. The van der Waals surface area contributed by atoms with Gasteiger partial charge in [-0.25, -0.2) is 8.42 Å². The van der Waals surface area contributed by atoms with Crippen molar-refractivity contribution < 1.29 is 8.42 Å². The zero-order valence-corrected chi connectivity index (χ0v) is 14.0. The summed E-state index contributed by atoms with van der Waals surface area (Å²) >= 11 is 7.58. The highest BCUT2D eigenvalue weighted by Crippen LogP contribution is 2.24. The second kappa shape index (κ2) is 7.32. The van der Waals surface area contributed by atoms with Crippen LogP contribution >= 0.6 is 23.4 Å². The fraction of sp³-hybridized carbons (Fsp3) is 0.462. The van der Waals surface area contributed by atoms with Gasteiger partial charge < -0.3 is 0 Å². The van der Waals surface area contributed by atoms with Crippen molar-refractivity contribution in [3.05, 3.63) is 28.8 Å². The second-order valence-corrected chi connectivity index (χ2v) is 7.80. The third kappa shape index (κ3) is 3.89. The van der Waals surface area contributed by atoms with Crippen molar-refractivity contribution in [3.63, 3.8) is 0 Å². The smallest absolute Gasteiger partial charge is 0.207 e. The molecule has 0 bridgehead atoms. The lowest BCUT2D eigenvalue weighted by molar-refractivity contribution is 0.382. The number of thioether (sulfide) groups is 1. The molecule has 1 unspecified atom stereocenters. The Morgan fingerprint density at radius 2 is 2.15 bits per heavy atom. The molecule has 1 atom stereocenters. The molecular weight excluding hydrogens is 316 g/mol. The van der Waals surface area contributed by atoms with E-state index in [2.05, 4.69) is 0 Å². The Balaban J connectivity index is 3.04. The fourth-order valence-electron chi connectivity index (χ4n) is 1.62. The molecule has 0 saturated carbocycles. The molecule has 0 heterocycles. The molecule has 110 valence electrons. The van der Waals surface area contributed by atoms with Crippen LogP contribution in [0.25, 0.3) is 0 Å². The van der Waals surface area contributed by atoms with Crippen LogP contribution in [0.15, 0.2) is 23.1 Å². The number of halogens is 1. The molecule has 0 aliphatic rings. The van der Waals surface area contributed by atoms with Gasteiger partial charge in [-0.3, -0.25) is 0 Å². The molecule has 0 aliphatic heterocycles. The molecule has 0 N–H and O–H groups in total. The Hall–Kier alpha value is -0.740. The summed E-state index contributed by atoms with van der Waals surface area (Å²) < 4.78 is 26.3. The van der Waals surface area contributed by atoms with Gasteiger partial charge in [0, 0.05) is 13.1 Å². The van der Waals surface area contributed by atoms with Gasteiger partial charge in [0.15, 0.2) is 0 Å². The van der Waals surface area contributed by atoms with Crippen molar-refractivity contribution in [2.24, 2.45) is 0 Å². The summed E-state index contributed by atoms with van der Waals surface area (Å²) in [6.45, 7) is 1.87. The van der Waals surface area contributed by atoms with Gasteiger partial charge in [0.05, 0.1) is 15.5 Å². The molecule has 0 aliphatic carbocycles. The van der Waals surface area contributed by atoms with E-state index in [1.54, 1.807) is 18.8 Å². The van der Waals surface area contributed by atoms with Crippen molar-refractivity contribution in [2.45, 2.75) is 24.3 Å². The van der Waals surface area contributed by atoms with Crippen LogP contribution in [-0.2, 0) is 10.0 Å². The standard InChI is InChI=1S/C13H17ClN2O2S2/c1-10(6-7-19-3)16(2)20(17,18)12-5-4-11(9-15)13(14)8-12/h4-5,8,10H,6-7H2,1-3H3. The first-order valence-corrected chi connectivity index (χ1v) is 9.22. The van der Waals surface area contributed by atoms with E-state index in [-0.39, 0.29) is 21.5 Å². The van der Waals surface area contributed by atoms with Crippen LogP contribution < -0.4 is 0 Å². The molecule has 1 aromatic rings. The predicted molar refractivity (Wildman–Crippen MR) is 83.6 cm³/mol. The van der Waals surface area contributed by atoms with Gasteiger partial charge in [-0.15, -0.1) is 0 Å². The molecule has 7 heteroatoms. The quantitative estimate of drug-likeness (QED) is 0.803. The van der Waals surface area contributed by atoms with E-state index >= 15 is 0 Å². The number of rotatable bonds is 6. The first kappa shape index (κ1) is 17.3. The maximum Gasteiger partial charge on any atom is 0.243 e. The van der Waals surface area contributed by atoms with Crippen LogP contribution in [0.3, 0.4) is 0 Å². The molecule has 0 saturated heterocycles. The van der Waals surface area contributed by atoms with E-state index in [1.165, 1.54) is 22.5 Å². The van der Waals surface area contributed by atoms with Crippen LogP contribution in [0.4, 0.5) is 0 Å². The van der Waals surface area contributed by atoms with Gasteiger partial charge in [0.25, 0.3) is 0 Å². The third-order valence-corrected chi connectivity index (χ3v) is 6.02. The summed E-state index contributed by atoms with van der Waals surface area (Å²) in [4.78, 5) is 0.111. The topological polar surface area (TPSA) is 61.2 Å². The summed E-state index contributed by atoms with van der Waals surface area (Å²) in [7, 11) is -2.02. The molecule has 0 aromatic heterocycles. The fourth-order valence-corrected chi connectivity index (χ4v) is 3.90. The van der Waals surface area contributed by atoms with Gasteiger partial charge in [0.1, 0.15) is 6.07 Å². The molecule has 0 radical (unpaired) electrons. The Morgan fingerprint density at radius 1 is 1.50 bits per heavy atom. The zero-order chi connectivity index (χ0) is 15.3. The maximum absolute atomic E-state index is 12.5. The Bertz CT molecular complexity index is 611. The highest BCUT2D eigenvalue weighted by molar-refractivity contribution is 7.98. The van der Waals surface area contributed by atoms with Crippen LogP contribution in [0, 0.1) is 11.3 Å². The monoisotopic (exact) mass is 332 g/mol. The first-order chi connectivity index (χ1) is 9.34. The van der Waals surface area contributed by atoms with E-state index in [0.29, 0.717) is 0 Å². The molecule has 1 rings (SSSR count). The molecule has 20 heavy (non-hydrogen) atoms. The number of nitrogens with zero attached hydrogens (tertiary/aromatic N) is 2. The number of sulfonamides is 1. The Morgan fingerprint density at radius 3 is 2.65 bits per heavy atom. The number of benzene rings is 1. The van der Waals surface area contributed by atoms with E-state index in [4.69, 9.17) is 16.9 Å². The predicted octanol–water partition coefficient (Wildman–Crippen LogP) is 2.97. The van der Waals surface area contributed by atoms with E-state index < -0.39 is 10.0 Å².